The van der Waals surface area contributed by atoms with Crippen LogP contribution in [0.1, 0.15) is 17.2 Å². The fourth-order valence-corrected chi connectivity index (χ4v) is 3.10. The van der Waals surface area contributed by atoms with Gasteiger partial charge in [0.2, 0.25) is 0 Å². The quantitative estimate of drug-likeness (QED) is 0.370. The van der Waals surface area contributed by atoms with E-state index in [9.17, 15) is 15.4 Å². The molecule has 3 aromatic rings. The topological polar surface area (TPSA) is 88.7 Å². The number of benzene rings is 2. The summed E-state index contributed by atoms with van der Waals surface area (Å²) in [6, 6.07) is 19.1. The third-order valence-corrected chi connectivity index (χ3v) is 4.71. The lowest BCUT2D eigenvalue weighted by atomic mass is 10.1. The van der Waals surface area contributed by atoms with Crippen LogP contribution in [-0.4, -0.2) is 29.4 Å². The lowest BCUT2D eigenvalue weighted by molar-refractivity contribution is -0.611. The summed E-state index contributed by atoms with van der Waals surface area (Å²) in [6.07, 6.45) is 1.23. The van der Waals surface area contributed by atoms with Gasteiger partial charge in [-0.1, -0.05) is 35.9 Å². The van der Waals surface area contributed by atoms with Crippen LogP contribution >= 0.6 is 11.6 Å². The van der Waals surface area contributed by atoms with Gasteiger partial charge in [0.15, 0.2) is 6.20 Å². The van der Waals surface area contributed by atoms with Crippen LogP contribution in [0.3, 0.4) is 0 Å². The Hall–Kier alpha value is -2.64. The van der Waals surface area contributed by atoms with Gasteiger partial charge in [-0.3, -0.25) is 0 Å². The third-order valence-electron chi connectivity index (χ3n) is 4.47. The SMILES string of the molecule is [O-][n+]1ccccc1Oc1ccc(CC(CO)NCC(O)c2cccc(Cl)c2)cc1. The molecular formula is C22H23ClN2O4. The number of ether oxygens (including phenoxy) is 1. The van der Waals surface area contributed by atoms with E-state index in [-0.39, 0.29) is 18.5 Å². The Morgan fingerprint density at radius 1 is 1.07 bits per heavy atom. The maximum Gasteiger partial charge on any atom is 0.384 e. The van der Waals surface area contributed by atoms with Gasteiger partial charge in [0.05, 0.1) is 18.8 Å². The van der Waals surface area contributed by atoms with Gasteiger partial charge in [-0.2, -0.15) is 0 Å². The molecule has 0 radical (unpaired) electrons. The standard InChI is InChI=1S/C22H23ClN2O4/c23-18-5-3-4-17(13-18)21(27)14-24-19(15-26)12-16-7-9-20(10-8-16)29-22-6-1-2-11-25(22)28/h1-11,13,19,21,24,26-27H,12,14-15H2. The first-order chi connectivity index (χ1) is 14.0. The van der Waals surface area contributed by atoms with Gasteiger partial charge >= 0.3 is 5.88 Å². The van der Waals surface area contributed by atoms with Gasteiger partial charge in [0.25, 0.3) is 0 Å². The van der Waals surface area contributed by atoms with Crippen molar-refractivity contribution in [2.75, 3.05) is 13.2 Å². The summed E-state index contributed by atoms with van der Waals surface area (Å²) in [5.41, 5.74) is 1.71. The van der Waals surface area contributed by atoms with Gasteiger partial charge in [0, 0.05) is 23.7 Å². The average Bonchev–Trinajstić information content (AvgIpc) is 2.73. The Labute approximate surface area is 174 Å². The first kappa shape index (κ1) is 21.1. The van der Waals surface area contributed by atoms with Crippen LogP contribution in [0.4, 0.5) is 0 Å². The zero-order valence-electron chi connectivity index (χ0n) is 15.7. The highest BCUT2D eigenvalue weighted by Gasteiger charge is 2.13. The van der Waals surface area contributed by atoms with Crippen molar-refractivity contribution in [3.05, 3.63) is 94.3 Å². The Bertz CT molecular complexity index is 921. The molecule has 3 N–H and O–H groups in total. The number of aliphatic hydroxyl groups excluding tert-OH is 2. The molecule has 0 saturated carbocycles. The monoisotopic (exact) mass is 414 g/mol. The van der Waals surface area contributed by atoms with Crippen LogP contribution in [0.25, 0.3) is 0 Å². The number of hydrogen-bond acceptors (Lipinski definition) is 5. The summed E-state index contributed by atoms with van der Waals surface area (Å²) < 4.78 is 6.23. The van der Waals surface area contributed by atoms with Crippen molar-refractivity contribution in [2.45, 2.75) is 18.6 Å². The van der Waals surface area contributed by atoms with Gasteiger partial charge < -0.3 is 25.5 Å². The second kappa shape index (κ2) is 10.2. The molecule has 1 aromatic heterocycles. The van der Waals surface area contributed by atoms with E-state index < -0.39 is 6.10 Å². The van der Waals surface area contributed by atoms with E-state index >= 15 is 0 Å². The number of aromatic nitrogens is 1. The minimum Gasteiger partial charge on any atom is -0.616 e. The normalized spacial score (nSPS) is 13.1. The van der Waals surface area contributed by atoms with E-state index in [0.29, 0.717) is 28.5 Å². The molecule has 0 saturated heterocycles. The molecule has 1 heterocycles. The van der Waals surface area contributed by atoms with E-state index in [0.717, 1.165) is 11.1 Å². The molecule has 7 heteroatoms. The summed E-state index contributed by atoms with van der Waals surface area (Å²) >= 11 is 5.96. The molecule has 6 nitrogen and oxygen atoms in total. The second-order valence-electron chi connectivity index (χ2n) is 6.67. The highest BCUT2D eigenvalue weighted by Crippen LogP contribution is 2.20. The first-order valence-corrected chi connectivity index (χ1v) is 9.65. The minimum atomic E-state index is -0.719. The molecule has 0 bridgehead atoms. The van der Waals surface area contributed by atoms with Crippen molar-refractivity contribution in [1.29, 1.82) is 0 Å². The average molecular weight is 415 g/mol. The maximum atomic E-state index is 11.7. The molecule has 0 aliphatic carbocycles. The first-order valence-electron chi connectivity index (χ1n) is 9.28. The number of hydrogen-bond donors (Lipinski definition) is 3. The van der Waals surface area contributed by atoms with Gasteiger partial charge in [-0.15, -0.1) is 4.73 Å². The summed E-state index contributed by atoms with van der Waals surface area (Å²) in [4.78, 5) is 0. The van der Waals surface area contributed by atoms with Crippen molar-refractivity contribution < 1.29 is 19.7 Å². The predicted octanol–water partition coefficient (Wildman–Crippen LogP) is 2.99. The van der Waals surface area contributed by atoms with E-state index in [1.165, 1.54) is 6.20 Å². The lowest BCUT2D eigenvalue weighted by Crippen LogP contribution is -2.37. The summed E-state index contributed by atoms with van der Waals surface area (Å²) in [7, 11) is 0. The van der Waals surface area contributed by atoms with Crippen LogP contribution in [-0.2, 0) is 6.42 Å². The van der Waals surface area contributed by atoms with Crippen molar-refractivity contribution in [1.82, 2.24) is 5.32 Å². The zero-order chi connectivity index (χ0) is 20.6. The van der Waals surface area contributed by atoms with Gasteiger partial charge in [0.1, 0.15) is 5.75 Å². The summed E-state index contributed by atoms with van der Waals surface area (Å²) in [5, 5.41) is 35.4. The molecule has 3 rings (SSSR count). The summed E-state index contributed by atoms with van der Waals surface area (Å²) in [6.45, 7) is 0.227. The predicted molar refractivity (Wildman–Crippen MR) is 111 cm³/mol. The fraction of sp³-hybridized carbons (Fsp3) is 0.227. The highest BCUT2D eigenvalue weighted by atomic mass is 35.5. The van der Waals surface area contributed by atoms with Crippen LogP contribution in [0.15, 0.2) is 72.9 Å². The molecule has 29 heavy (non-hydrogen) atoms. The van der Waals surface area contributed by atoms with Crippen molar-refractivity contribution >= 4 is 11.6 Å². The van der Waals surface area contributed by atoms with E-state index in [2.05, 4.69) is 5.32 Å². The molecule has 2 unspecified atom stereocenters. The van der Waals surface area contributed by atoms with E-state index in [4.69, 9.17) is 16.3 Å². The molecule has 0 aliphatic rings. The van der Waals surface area contributed by atoms with E-state index in [1.54, 1.807) is 48.5 Å². The Kier molecular flexibility index (Phi) is 7.43. The van der Waals surface area contributed by atoms with E-state index in [1.807, 2.05) is 18.2 Å². The molecule has 0 amide bonds. The van der Waals surface area contributed by atoms with Crippen LogP contribution in [0, 0.1) is 5.21 Å². The van der Waals surface area contributed by atoms with Crippen LogP contribution < -0.4 is 14.8 Å². The number of aliphatic hydroxyl groups is 2. The number of nitrogens with zero attached hydrogens (tertiary/aromatic N) is 1. The summed E-state index contributed by atoms with van der Waals surface area (Å²) in [5.74, 6) is 0.750. The fourth-order valence-electron chi connectivity index (χ4n) is 2.90. The Balaban J connectivity index is 1.54. The highest BCUT2D eigenvalue weighted by molar-refractivity contribution is 6.30. The third kappa shape index (κ3) is 6.17. The maximum absolute atomic E-state index is 11.7. The lowest BCUT2D eigenvalue weighted by Gasteiger charge is -2.19. The molecule has 0 spiro atoms. The largest absolute Gasteiger partial charge is 0.616 e. The Morgan fingerprint density at radius 2 is 1.86 bits per heavy atom. The minimum absolute atomic E-state index is 0.0687. The molecule has 0 fully saturated rings. The smallest absolute Gasteiger partial charge is 0.384 e. The molecule has 0 aliphatic heterocycles. The van der Waals surface area contributed by atoms with Crippen molar-refractivity contribution in [2.24, 2.45) is 0 Å². The zero-order valence-corrected chi connectivity index (χ0v) is 16.5. The van der Waals surface area contributed by atoms with Crippen molar-refractivity contribution in [3.8, 4) is 11.6 Å². The Morgan fingerprint density at radius 3 is 2.55 bits per heavy atom. The number of rotatable bonds is 9. The molecule has 2 atom stereocenters. The van der Waals surface area contributed by atoms with Crippen LogP contribution in [0.5, 0.6) is 11.6 Å². The van der Waals surface area contributed by atoms with Crippen LogP contribution in [0.2, 0.25) is 5.02 Å². The molecule has 152 valence electrons. The van der Waals surface area contributed by atoms with Gasteiger partial charge in [-0.05, 0) is 47.9 Å². The number of pyridine rings is 1. The number of nitrogens with one attached hydrogen (secondary N) is 1. The second-order valence-corrected chi connectivity index (χ2v) is 7.11. The molecule has 2 aromatic carbocycles. The van der Waals surface area contributed by atoms with Crippen molar-refractivity contribution in [3.63, 3.8) is 0 Å². The van der Waals surface area contributed by atoms with Gasteiger partial charge in [-0.25, -0.2) is 0 Å². The molecular weight excluding hydrogens is 392 g/mol. The number of halogens is 1.